The molecule has 1 fully saturated rings. The van der Waals surface area contributed by atoms with E-state index in [1.807, 2.05) is 39.0 Å². The summed E-state index contributed by atoms with van der Waals surface area (Å²) >= 11 is 1.40. The number of rotatable bonds is 1. The first-order valence-corrected chi connectivity index (χ1v) is 13.7. The van der Waals surface area contributed by atoms with Crippen molar-refractivity contribution in [3.05, 3.63) is 53.9 Å². The predicted molar refractivity (Wildman–Crippen MR) is 149 cm³/mol. The van der Waals surface area contributed by atoms with Crippen molar-refractivity contribution in [2.24, 2.45) is 5.92 Å². The number of ether oxygens (including phenoxy) is 2. The number of piperidine rings is 1. The first-order chi connectivity index (χ1) is 18.1. The van der Waals surface area contributed by atoms with E-state index in [4.69, 9.17) is 14.5 Å². The first kappa shape index (κ1) is 26.1. The molecule has 0 saturated carbocycles. The van der Waals surface area contributed by atoms with Gasteiger partial charge in [-0.25, -0.2) is 9.78 Å². The summed E-state index contributed by atoms with van der Waals surface area (Å²) < 4.78 is 15.4. The molecule has 200 valence electrons. The van der Waals surface area contributed by atoms with Crippen LogP contribution in [-0.4, -0.2) is 57.3 Å². The third kappa shape index (κ3) is 6.30. The monoisotopic (exact) mass is 534 g/mol. The maximum absolute atomic E-state index is 13.0. The fraction of sp³-hybridized carbons (Fsp3) is 0.429. The standard InChI is InChI=1S/C28H34N6O3S/c1-17-7-6-8-18(2)25(17)23-11-24-32-26(31-23)33-38-22-10-20(13-29-14-22)30-12-19-9-21(36-24)16-34(15-19)27(35)37-28(3,4)5/h6-8,10-11,13-14,19,21,30H,9,12,15-16H2,1-5H3,(H,31,32,33). The summed E-state index contributed by atoms with van der Waals surface area (Å²) in [5.41, 5.74) is 4.42. The van der Waals surface area contributed by atoms with Gasteiger partial charge >= 0.3 is 6.09 Å². The molecule has 2 aliphatic heterocycles. The minimum Gasteiger partial charge on any atom is -0.472 e. The van der Waals surface area contributed by atoms with Gasteiger partial charge in [-0.3, -0.25) is 9.71 Å². The Kier molecular flexibility index (Phi) is 7.34. The number of likely N-dealkylation sites (tertiary alicyclic amines) is 1. The number of aromatic nitrogens is 3. The molecule has 5 rings (SSSR count). The smallest absolute Gasteiger partial charge is 0.410 e. The number of hydrogen-bond acceptors (Lipinski definition) is 9. The van der Waals surface area contributed by atoms with Crippen LogP contribution in [0.2, 0.25) is 0 Å². The highest BCUT2D eigenvalue weighted by atomic mass is 32.2. The van der Waals surface area contributed by atoms with Crippen molar-refractivity contribution >= 4 is 29.7 Å². The van der Waals surface area contributed by atoms with E-state index in [9.17, 15) is 4.79 Å². The van der Waals surface area contributed by atoms with Crippen molar-refractivity contribution in [3.8, 4) is 17.1 Å². The molecule has 2 N–H and O–H groups in total. The molecule has 2 aliphatic rings. The van der Waals surface area contributed by atoms with E-state index in [0.29, 0.717) is 31.5 Å². The van der Waals surface area contributed by atoms with Crippen molar-refractivity contribution in [3.63, 3.8) is 0 Å². The van der Waals surface area contributed by atoms with Crippen LogP contribution in [0.3, 0.4) is 0 Å². The molecule has 9 nitrogen and oxygen atoms in total. The summed E-state index contributed by atoms with van der Waals surface area (Å²) in [7, 11) is 0. The van der Waals surface area contributed by atoms with E-state index in [1.54, 1.807) is 17.3 Å². The first-order valence-electron chi connectivity index (χ1n) is 12.8. The maximum atomic E-state index is 13.0. The number of benzene rings is 1. The number of carbonyl (C=O) groups excluding carboxylic acids is 1. The lowest BCUT2D eigenvalue weighted by atomic mass is 9.95. The largest absolute Gasteiger partial charge is 0.472 e. The summed E-state index contributed by atoms with van der Waals surface area (Å²) in [5.74, 6) is 1.06. The SMILES string of the molecule is Cc1cccc(C)c1-c1cc2nc(n1)NSc1cncc(c1)NCC1CC(CN(C(=O)OC(C)(C)C)C1)O2. The average Bonchev–Trinajstić information content (AvgIpc) is 2.85. The van der Waals surface area contributed by atoms with Crippen LogP contribution >= 0.6 is 11.9 Å². The molecular formula is C28H34N6O3S. The van der Waals surface area contributed by atoms with E-state index < -0.39 is 5.60 Å². The summed E-state index contributed by atoms with van der Waals surface area (Å²) in [5, 5.41) is 3.48. The minimum absolute atomic E-state index is 0.151. The van der Waals surface area contributed by atoms with E-state index in [1.165, 1.54) is 11.9 Å². The van der Waals surface area contributed by atoms with Crippen molar-refractivity contribution in [1.82, 2.24) is 19.9 Å². The van der Waals surface area contributed by atoms with Crippen LogP contribution in [0.4, 0.5) is 16.4 Å². The molecule has 2 aromatic heterocycles. The fourth-order valence-electron chi connectivity index (χ4n) is 4.85. The quantitative estimate of drug-likeness (QED) is 0.380. The Balaban J connectivity index is 1.52. The number of anilines is 2. The van der Waals surface area contributed by atoms with Crippen molar-refractivity contribution in [1.29, 1.82) is 0 Å². The van der Waals surface area contributed by atoms with Gasteiger partial charge in [0.25, 0.3) is 0 Å². The Morgan fingerprint density at radius 3 is 2.68 bits per heavy atom. The highest BCUT2D eigenvalue weighted by Gasteiger charge is 2.34. The number of nitrogens with zero attached hydrogens (tertiary/aromatic N) is 4. The number of hydrogen-bond donors (Lipinski definition) is 2. The molecule has 0 spiro atoms. The van der Waals surface area contributed by atoms with Crippen molar-refractivity contribution in [2.75, 3.05) is 29.7 Å². The Labute approximate surface area is 227 Å². The van der Waals surface area contributed by atoms with Gasteiger partial charge in [0.05, 0.1) is 24.1 Å². The molecule has 2 unspecified atom stereocenters. The fourth-order valence-corrected chi connectivity index (χ4v) is 5.45. The summed E-state index contributed by atoms with van der Waals surface area (Å²) in [4.78, 5) is 29.6. The lowest BCUT2D eigenvalue weighted by Crippen LogP contribution is -2.51. The third-order valence-corrected chi connectivity index (χ3v) is 7.19. The van der Waals surface area contributed by atoms with Gasteiger partial charge < -0.3 is 19.7 Å². The molecule has 1 aromatic carbocycles. The summed E-state index contributed by atoms with van der Waals surface area (Å²) in [6.45, 7) is 11.5. The lowest BCUT2D eigenvalue weighted by molar-refractivity contribution is -0.00169. The molecule has 1 amide bonds. The Morgan fingerprint density at radius 1 is 1.13 bits per heavy atom. The number of pyridine rings is 1. The zero-order valence-electron chi connectivity index (χ0n) is 22.4. The second kappa shape index (κ2) is 10.7. The van der Waals surface area contributed by atoms with Crippen molar-refractivity contribution in [2.45, 2.75) is 57.6 Å². The van der Waals surface area contributed by atoms with E-state index >= 15 is 0 Å². The topological polar surface area (TPSA) is 102 Å². The number of nitrogens with one attached hydrogen (secondary N) is 2. The zero-order valence-corrected chi connectivity index (χ0v) is 23.3. The normalized spacial score (nSPS) is 19.3. The third-order valence-electron chi connectivity index (χ3n) is 6.45. The molecule has 38 heavy (non-hydrogen) atoms. The Bertz CT molecular complexity index is 1310. The Hall–Kier alpha value is -3.53. The maximum Gasteiger partial charge on any atom is 0.410 e. The molecule has 0 aliphatic carbocycles. The molecule has 0 radical (unpaired) electrons. The van der Waals surface area contributed by atoms with Crippen LogP contribution < -0.4 is 14.8 Å². The van der Waals surface area contributed by atoms with Crippen LogP contribution in [-0.2, 0) is 4.74 Å². The lowest BCUT2D eigenvalue weighted by Gasteiger charge is -2.38. The van der Waals surface area contributed by atoms with Gasteiger partial charge in [-0.15, -0.1) is 0 Å². The van der Waals surface area contributed by atoms with Gasteiger partial charge in [0.1, 0.15) is 11.7 Å². The number of aryl methyl sites for hydroxylation is 2. The van der Waals surface area contributed by atoms with Gasteiger partial charge in [-0.1, -0.05) is 18.2 Å². The number of carbonyl (C=O) groups is 1. The van der Waals surface area contributed by atoms with E-state index in [-0.39, 0.29) is 18.1 Å². The van der Waals surface area contributed by atoms with Crippen LogP contribution in [0.25, 0.3) is 11.3 Å². The molecule has 4 heterocycles. The molecule has 10 heteroatoms. The zero-order chi connectivity index (χ0) is 26.9. The van der Waals surface area contributed by atoms with E-state index in [0.717, 1.165) is 39.4 Å². The molecular weight excluding hydrogens is 500 g/mol. The van der Waals surface area contributed by atoms with Gasteiger partial charge in [-0.05, 0) is 76.1 Å². The van der Waals surface area contributed by atoms with Crippen LogP contribution in [0.1, 0.15) is 38.3 Å². The predicted octanol–water partition coefficient (Wildman–Crippen LogP) is 5.70. The second-order valence-electron chi connectivity index (χ2n) is 10.9. The molecule has 2 atom stereocenters. The Morgan fingerprint density at radius 2 is 1.92 bits per heavy atom. The average molecular weight is 535 g/mol. The van der Waals surface area contributed by atoms with Gasteiger partial charge in [-0.2, -0.15) is 4.98 Å². The highest BCUT2D eigenvalue weighted by Crippen LogP contribution is 2.32. The van der Waals surface area contributed by atoms with Crippen LogP contribution in [0.5, 0.6) is 5.88 Å². The summed E-state index contributed by atoms with van der Waals surface area (Å²) in [6.07, 6.45) is 3.77. The second-order valence-corrected chi connectivity index (χ2v) is 11.8. The van der Waals surface area contributed by atoms with Gasteiger partial charge in [0.15, 0.2) is 0 Å². The summed E-state index contributed by atoms with van der Waals surface area (Å²) in [6, 6.07) is 10.1. The molecule has 3 aromatic rings. The van der Waals surface area contributed by atoms with Crippen LogP contribution in [0.15, 0.2) is 47.6 Å². The minimum atomic E-state index is -0.576. The number of amides is 1. The van der Waals surface area contributed by atoms with Gasteiger partial charge in [0, 0.05) is 35.8 Å². The number of fused-ring (bicyclic) bond motifs is 6. The van der Waals surface area contributed by atoms with Crippen LogP contribution in [0, 0.1) is 19.8 Å². The molecule has 6 bridgehead atoms. The van der Waals surface area contributed by atoms with E-state index in [2.05, 4.69) is 46.0 Å². The molecule has 1 saturated heterocycles. The van der Waals surface area contributed by atoms with Gasteiger partial charge in [0.2, 0.25) is 11.8 Å². The highest BCUT2D eigenvalue weighted by molar-refractivity contribution is 8.00. The van der Waals surface area contributed by atoms with Crippen molar-refractivity contribution < 1.29 is 14.3 Å².